The van der Waals surface area contributed by atoms with Gasteiger partial charge in [0.25, 0.3) is 5.91 Å². The molecule has 0 bridgehead atoms. The molecule has 0 radical (unpaired) electrons. The van der Waals surface area contributed by atoms with Gasteiger partial charge in [0.2, 0.25) is 5.13 Å². The van der Waals surface area contributed by atoms with Crippen LogP contribution in [0, 0.1) is 0 Å². The van der Waals surface area contributed by atoms with Crippen LogP contribution in [0.2, 0.25) is 0 Å². The highest BCUT2D eigenvalue weighted by Gasteiger charge is 2.10. The van der Waals surface area contributed by atoms with E-state index in [0.29, 0.717) is 10.9 Å². The molecule has 0 saturated heterocycles. The number of amides is 1. The molecular weight excluding hydrogens is 366 g/mol. The highest BCUT2D eigenvalue weighted by molar-refractivity contribution is 8.00. The maximum atomic E-state index is 12.0. The van der Waals surface area contributed by atoms with E-state index in [1.165, 1.54) is 22.5 Å². The first kappa shape index (κ1) is 18.4. The van der Waals surface area contributed by atoms with Gasteiger partial charge in [0, 0.05) is 5.75 Å². The molecule has 0 atom stereocenters. The maximum Gasteiger partial charge on any atom is 0.264 e. The standard InChI is InChI=1S/C19H19N3O2S2/c1-2-14-9-6-10-16(11-14)24-12-17(23)20-18-21-22-19(26-18)25-13-15-7-4-3-5-8-15/h3-11H,2,12-13H2,1H3,(H,20,21,23). The second-order valence-corrected chi connectivity index (χ2v) is 7.69. The summed E-state index contributed by atoms with van der Waals surface area (Å²) in [6.45, 7) is 2.02. The molecule has 0 aliphatic heterocycles. The third-order valence-electron chi connectivity index (χ3n) is 3.53. The summed E-state index contributed by atoms with van der Waals surface area (Å²) in [6, 6.07) is 17.9. The molecule has 0 fully saturated rings. The van der Waals surface area contributed by atoms with Gasteiger partial charge < -0.3 is 4.74 Å². The lowest BCUT2D eigenvalue weighted by Crippen LogP contribution is -2.20. The molecule has 134 valence electrons. The van der Waals surface area contributed by atoms with Crippen LogP contribution in [-0.4, -0.2) is 22.7 Å². The van der Waals surface area contributed by atoms with Crippen LogP contribution in [0.1, 0.15) is 18.1 Å². The number of carbonyl (C=O) groups is 1. The summed E-state index contributed by atoms with van der Waals surface area (Å²) < 4.78 is 6.35. The topological polar surface area (TPSA) is 64.1 Å². The van der Waals surface area contributed by atoms with E-state index in [1.54, 1.807) is 11.8 Å². The van der Waals surface area contributed by atoms with Crippen LogP contribution in [0.5, 0.6) is 5.75 Å². The molecule has 0 unspecified atom stereocenters. The number of carbonyl (C=O) groups excluding carboxylic acids is 1. The van der Waals surface area contributed by atoms with Gasteiger partial charge in [-0.1, -0.05) is 72.5 Å². The van der Waals surface area contributed by atoms with Gasteiger partial charge >= 0.3 is 0 Å². The van der Waals surface area contributed by atoms with E-state index in [1.807, 2.05) is 42.5 Å². The van der Waals surface area contributed by atoms with Crippen LogP contribution in [-0.2, 0) is 17.0 Å². The number of hydrogen-bond acceptors (Lipinski definition) is 6. The zero-order valence-corrected chi connectivity index (χ0v) is 16.0. The number of benzene rings is 2. The number of anilines is 1. The van der Waals surface area contributed by atoms with Gasteiger partial charge in [-0.15, -0.1) is 10.2 Å². The Bertz CT molecular complexity index is 853. The largest absolute Gasteiger partial charge is 0.484 e. The van der Waals surface area contributed by atoms with Crippen LogP contribution < -0.4 is 10.1 Å². The highest BCUT2D eigenvalue weighted by Crippen LogP contribution is 2.28. The minimum absolute atomic E-state index is 0.0563. The number of rotatable bonds is 8. The zero-order chi connectivity index (χ0) is 18.2. The Kier molecular flexibility index (Phi) is 6.62. The number of nitrogens with zero attached hydrogens (tertiary/aromatic N) is 2. The fraction of sp³-hybridized carbons (Fsp3) is 0.211. The average Bonchev–Trinajstić information content (AvgIpc) is 3.13. The predicted molar refractivity (Wildman–Crippen MR) is 106 cm³/mol. The maximum absolute atomic E-state index is 12.0. The molecule has 3 aromatic rings. The Balaban J connectivity index is 1.46. The summed E-state index contributed by atoms with van der Waals surface area (Å²) in [4.78, 5) is 12.0. The SMILES string of the molecule is CCc1cccc(OCC(=O)Nc2nnc(SCc3ccccc3)s2)c1. The second kappa shape index (κ2) is 9.35. The van der Waals surface area contributed by atoms with Crippen molar-refractivity contribution in [2.75, 3.05) is 11.9 Å². The van der Waals surface area contributed by atoms with Crippen molar-refractivity contribution in [2.24, 2.45) is 0 Å². The second-order valence-electron chi connectivity index (χ2n) is 5.49. The lowest BCUT2D eigenvalue weighted by molar-refractivity contribution is -0.118. The summed E-state index contributed by atoms with van der Waals surface area (Å²) in [5.74, 6) is 1.26. The molecule has 1 N–H and O–H groups in total. The first-order chi connectivity index (χ1) is 12.7. The molecule has 0 saturated carbocycles. The molecule has 5 nitrogen and oxygen atoms in total. The van der Waals surface area contributed by atoms with Crippen molar-refractivity contribution in [1.82, 2.24) is 10.2 Å². The molecule has 1 amide bonds. The van der Waals surface area contributed by atoms with Gasteiger partial charge in [0.05, 0.1) is 0 Å². The van der Waals surface area contributed by atoms with E-state index in [4.69, 9.17) is 4.74 Å². The predicted octanol–water partition coefficient (Wildman–Crippen LogP) is 4.41. The Morgan fingerprint density at radius 2 is 1.92 bits per heavy atom. The van der Waals surface area contributed by atoms with Crippen molar-refractivity contribution in [3.05, 3.63) is 65.7 Å². The summed E-state index contributed by atoms with van der Waals surface area (Å²) in [7, 11) is 0. The number of ether oxygens (including phenoxy) is 1. The highest BCUT2D eigenvalue weighted by atomic mass is 32.2. The first-order valence-electron chi connectivity index (χ1n) is 8.25. The fourth-order valence-electron chi connectivity index (χ4n) is 2.20. The third kappa shape index (κ3) is 5.57. The molecular formula is C19H19N3O2S2. The molecule has 2 aromatic carbocycles. The Morgan fingerprint density at radius 1 is 1.12 bits per heavy atom. The molecule has 1 heterocycles. The number of aryl methyl sites for hydroxylation is 1. The van der Waals surface area contributed by atoms with Crippen LogP contribution in [0.25, 0.3) is 0 Å². The van der Waals surface area contributed by atoms with Gasteiger partial charge in [-0.05, 0) is 29.7 Å². The summed E-state index contributed by atoms with van der Waals surface area (Å²) in [5.41, 5.74) is 2.40. The normalized spacial score (nSPS) is 10.5. The summed E-state index contributed by atoms with van der Waals surface area (Å²) in [6.07, 6.45) is 0.928. The lowest BCUT2D eigenvalue weighted by Gasteiger charge is -2.06. The van der Waals surface area contributed by atoms with E-state index < -0.39 is 0 Å². The van der Waals surface area contributed by atoms with Gasteiger partial charge in [0.15, 0.2) is 10.9 Å². The third-order valence-corrected chi connectivity index (χ3v) is 5.58. The quantitative estimate of drug-likeness (QED) is 0.460. The van der Waals surface area contributed by atoms with Gasteiger partial charge in [-0.2, -0.15) is 0 Å². The van der Waals surface area contributed by atoms with Crippen molar-refractivity contribution in [2.45, 2.75) is 23.4 Å². The van der Waals surface area contributed by atoms with Crippen molar-refractivity contribution in [3.63, 3.8) is 0 Å². The molecule has 3 rings (SSSR count). The van der Waals surface area contributed by atoms with E-state index >= 15 is 0 Å². The van der Waals surface area contributed by atoms with Crippen molar-refractivity contribution in [1.29, 1.82) is 0 Å². The van der Waals surface area contributed by atoms with E-state index in [-0.39, 0.29) is 12.5 Å². The van der Waals surface area contributed by atoms with E-state index in [2.05, 4.69) is 34.6 Å². The number of thioether (sulfide) groups is 1. The van der Waals surface area contributed by atoms with Crippen LogP contribution in [0.4, 0.5) is 5.13 Å². The Labute approximate surface area is 160 Å². The smallest absolute Gasteiger partial charge is 0.264 e. The Hall–Kier alpha value is -2.38. The van der Waals surface area contributed by atoms with Crippen LogP contribution in [0.15, 0.2) is 58.9 Å². The Morgan fingerprint density at radius 3 is 2.73 bits per heavy atom. The number of nitrogens with one attached hydrogen (secondary N) is 1. The molecule has 7 heteroatoms. The molecule has 26 heavy (non-hydrogen) atoms. The van der Waals surface area contributed by atoms with Gasteiger partial charge in [-0.25, -0.2) is 0 Å². The number of aromatic nitrogens is 2. The average molecular weight is 386 g/mol. The fourth-order valence-corrected chi connectivity index (χ4v) is 3.92. The van der Waals surface area contributed by atoms with Gasteiger partial charge in [0.1, 0.15) is 5.75 Å². The monoisotopic (exact) mass is 385 g/mol. The first-order valence-corrected chi connectivity index (χ1v) is 10.0. The van der Waals surface area contributed by atoms with Crippen LogP contribution >= 0.6 is 23.1 Å². The minimum atomic E-state index is -0.248. The van der Waals surface area contributed by atoms with Crippen molar-refractivity contribution < 1.29 is 9.53 Å². The molecule has 1 aromatic heterocycles. The minimum Gasteiger partial charge on any atom is -0.484 e. The number of hydrogen-bond donors (Lipinski definition) is 1. The van der Waals surface area contributed by atoms with E-state index in [9.17, 15) is 4.79 Å². The summed E-state index contributed by atoms with van der Waals surface area (Å²) >= 11 is 2.96. The van der Waals surface area contributed by atoms with Crippen molar-refractivity contribution in [3.8, 4) is 5.75 Å². The van der Waals surface area contributed by atoms with Crippen molar-refractivity contribution >= 4 is 34.1 Å². The lowest BCUT2D eigenvalue weighted by atomic mass is 10.2. The van der Waals surface area contributed by atoms with Gasteiger partial charge in [-0.3, -0.25) is 10.1 Å². The molecule has 0 aliphatic carbocycles. The zero-order valence-electron chi connectivity index (χ0n) is 14.3. The molecule has 0 spiro atoms. The molecule has 0 aliphatic rings. The van der Waals surface area contributed by atoms with E-state index in [0.717, 1.165) is 16.5 Å². The summed E-state index contributed by atoms with van der Waals surface area (Å²) in [5, 5.41) is 11.3. The van der Waals surface area contributed by atoms with Crippen LogP contribution in [0.3, 0.4) is 0 Å².